The van der Waals surface area contributed by atoms with Crippen LogP contribution in [0, 0.1) is 5.82 Å². The van der Waals surface area contributed by atoms with Gasteiger partial charge in [0.05, 0.1) is 6.54 Å². The molecular weight excluding hydrogens is 325 g/mol. The van der Waals surface area contributed by atoms with Crippen LogP contribution in [0.3, 0.4) is 0 Å². The molecule has 0 bridgehead atoms. The molecule has 3 aromatic rings. The Kier molecular flexibility index (Phi) is 4.25. The molecule has 5 heteroatoms. The van der Waals surface area contributed by atoms with Gasteiger partial charge in [-0.3, -0.25) is 0 Å². The molecule has 0 amide bonds. The van der Waals surface area contributed by atoms with Gasteiger partial charge in [-0.25, -0.2) is 9.37 Å². The monoisotopic (exact) mass is 343 g/mol. The fraction of sp³-hybridized carbons (Fsp3) is 0.316. The molecule has 0 spiro atoms. The zero-order valence-corrected chi connectivity index (χ0v) is 14.1. The van der Waals surface area contributed by atoms with Gasteiger partial charge in [0.15, 0.2) is 0 Å². The summed E-state index contributed by atoms with van der Waals surface area (Å²) in [6, 6.07) is 11.1. The van der Waals surface area contributed by atoms with Gasteiger partial charge in [-0.05, 0) is 56.3 Å². The van der Waals surface area contributed by atoms with E-state index < -0.39 is 0 Å². The summed E-state index contributed by atoms with van der Waals surface area (Å²) in [5, 5.41) is 4.89. The standard InChI is InChI=1S/C19H19ClFN3/c20-16-3-1-15(17(21)11-16)12-24-10-7-14-2-4-18(23-19(14)24)13-5-8-22-9-6-13/h1-4,7,10-11,13,22H,5-6,8-9,12H2. The maximum absolute atomic E-state index is 14.1. The molecule has 0 atom stereocenters. The molecular formula is C19H19ClFN3. The van der Waals surface area contributed by atoms with Gasteiger partial charge in [-0.2, -0.15) is 0 Å². The molecule has 24 heavy (non-hydrogen) atoms. The van der Waals surface area contributed by atoms with Crippen LogP contribution >= 0.6 is 11.6 Å². The summed E-state index contributed by atoms with van der Waals surface area (Å²) in [5.74, 6) is 0.227. The zero-order chi connectivity index (χ0) is 16.5. The maximum atomic E-state index is 14.1. The first-order chi connectivity index (χ1) is 11.7. The molecule has 0 radical (unpaired) electrons. The van der Waals surface area contributed by atoms with Crippen LogP contribution in [0.25, 0.3) is 11.0 Å². The van der Waals surface area contributed by atoms with Crippen molar-refractivity contribution < 1.29 is 4.39 Å². The van der Waals surface area contributed by atoms with E-state index in [2.05, 4.69) is 17.4 Å². The van der Waals surface area contributed by atoms with Crippen LogP contribution in [-0.4, -0.2) is 22.6 Å². The summed E-state index contributed by atoms with van der Waals surface area (Å²) in [6.07, 6.45) is 4.20. The predicted octanol–water partition coefficient (Wildman–Crippen LogP) is 4.34. The summed E-state index contributed by atoms with van der Waals surface area (Å²) in [4.78, 5) is 4.89. The van der Waals surface area contributed by atoms with Crippen LogP contribution in [0.15, 0.2) is 42.6 Å². The molecule has 3 heterocycles. The Hall–Kier alpha value is -1.91. The number of nitrogens with zero attached hydrogens (tertiary/aromatic N) is 2. The van der Waals surface area contributed by atoms with Crippen molar-refractivity contribution in [2.45, 2.75) is 25.3 Å². The van der Waals surface area contributed by atoms with Gasteiger partial charge in [-0.1, -0.05) is 17.7 Å². The van der Waals surface area contributed by atoms with E-state index in [0.29, 0.717) is 23.0 Å². The third kappa shape index (κ3) is 3.04. The van der Waals surface area contributed by atoms with Crippen molar-refractivity contribution in [3.8, 4) is 0 Å². The lowest BCUT2D eigenvalue weighted by Crippen LogP contribution is -2.27. The van der Waals surface area contributed by atoms with Gasteiger partial charge in [0, 0.05) is 33.8 Å². The first-order valence-electron chi connectivity index (χ1n) is 8.31. The third-order valence-electron chi connectivity index (χ3n) is 4.75. The molecule has 1 fully saturated rings. The van der Waals surface area contributed by atoms with Gasteiger partial charge < -0.3 is 9.88 Å². The number of hydrogen-bond donors (Lipinski definition) is 1. The number of rotatable bonds is 3. The van der Waals surface area contributed by atoms with Crippen molar-refractivity contribution in [1.29, 1.82) is 0 Å². The molecule has 3 nitrogen and oxygen atoms in total. The third-order valence-corrected chi connectivity index (χ3v) is 4.98. The van der Waals surface area contributed by atoms with Crippen molar-refractivity contribution in [2.75, 3.05) is 13.1 Å². The van der Waals surface area contributed by atoms with E-state index in [1.165, 1.54) is 6.07 Å². The Balaban J connectivity index is 1.67. The molecule has 1 saturated heterocycles. The second-order valence-electron chi connectivity index (χ2n) is 6.35. The molecule has 124 valence electrons. The van der Waals surface area contributed by atoms with Crippen molar-refractivity contribution in [2.24, 2.45) is 0 Å². The number of fused-ring (bicyclic) bond motifs is 1. The lowest BCUT2D eigenvalue weighted by atomic mass is 9.94. The smallest absolute Gasteiger partial charge is 0.140 e. The summed E-state index contributed by atoms with van der Waals surface area (Å²) in [6.45, 7) is 2.54. The molecule has 1 N–H and O–H groups in total. The van der Waals surface area contributed by atoms with Crippen molar-refractivity contribution >= 4 is 22.6 Å². The highest BCUT2D eigenvalue weighted by atomic mass is 35.5. The highest BCUT2D eigenvalue weighted by Crippen LogP contribution is 2.26. The van der Waals surface area contributed by atoms with E-state index >= 15 is 0 Å². The summed E-state index contributed by atoms with van der Waals surface area (Å²) in [7, 11) is 0. The van der Waals surface area contributed by atoms with Crippen molar-refractivity contribution in [1.82, 2.24) is 14.9 Å². The van der Waals surface area contributed by atoms with Crippen molar-refractivity contribution in [3.63, 3.8) is 0 Å². The van der Waals surface area contributed by atoms with Crippen LogP contribution in [0.1, 0.15) is 30.0 Å². The minimum atomic E-state index is -0.279. The van der Waals surface area contributed by atoms with Crippen LogP contribution in [0.5, 0.6) is 0 Å². The van der Waals surface area contributed by atoms with Gasteiger partial charge in [0.1, 0.15) is 11.5 Å². The van der Waals surface area contributed by atoms with E-state index in [4.69, 9.17) is 16.6 Å². The summed E-state index contributed by atoms with van der Waals surface area (Å²) >= 11 is 5.84. The average Bonchev–Trinajstić information content (AvgIpc) is 3.00. The minimum Gasteiger partial charge on any atom is -0.328 e. The van der Waals surface area contributed by atoms with E-state index in [9.17, 15) is 4.39 Å². The van der Waals surface area contributed by atoms with Crippen LogP contribution in [-0.2, 0) is 6.54 Å². The molecule has 0 unspecified atom stereocenters. The number of pyridine rings is 1. The molecule has 1 aromatic carbocycles. The highest BCUT2D eigenvalue weighted by Gasteiger charge is 2.17. The van der Waals surface area contributed by atoms with Crippen LogP contribution < -0.4 is 5.32 Å². The van der Waals surface area contributed by atoms with Gasteiger partial charge in [-0.15, -0.1) is 0 Å². The first-order valence-corrected chi connectivity index (χ1v) is 8.69. The number of hydrogen-bond acceptors (Lipinski definition) is 2. The Morgan fingerprint density at radius 2 is 2.00 bits per heavy atom. The molecule has 1 aliphatic rings. The normalized spacial score (nSPS) is 15.9. The largest absolute Gasteiger partial charge is 0.328 e. The SMILES string of the molecule is Fc1cc(Cl)ccc1Cn1ccc2ccc(C3CCNCC3)nc21. The van der Waals surface area contributed by atoms with E-state index in [-0.39, 0.29) is 5.82 Å². The van der Waals surface area contributed by atoms with E-state index in [1.54, 1.807) is 12.1 Å². The molecule has 1 aliphatic heterocycles. The topological polar surface area (TPSA) is 29.9 Å². The minimum absolute atomic E-state index is 0.279. The predicted molar refractivity (Wildman–Crippen MR) is 95.1 cm³/mol. The quantitative estimate of drug-likeness (QED) is 0.766. The van der Waals surface area contributed by atoms with E-state index in [1.807, 2.05) is 16.8 Å². The number of piperidine rings is 1. The number of benzene rings is 1. The van der Waals surface area contributed by atoms with Crippen LogP contribution in [0.2, 0.25) is 5.02 Å². The number of nitrogens with one attached hydrogen (secondary N) is 1. The van der Waals surface area contributed by atoms with Gasteiger partial charge >= 0.3 is 0 Å². The average molecular weight is 344 g/mol. The molecule has 0 saturated carbocycles. The lowest BCUT2D eigenvalue weighted by molar-refractivity contribution is 0.454. The maximum Gasteiger partial charge on any atom is 0.140 e. The van der Waals surface area contributed by atoms with Gasteiger partial charge in [0.25, 0.3) is 0 Å². The van der Waals surface area contributed by atoms with Gasteiger partial charge in [0.2, 0.25) is 0 Å². The summed E-state index contributed by atoms with van der Waals surface area (Å²) in [5.41, 5.74) is 2.67. The Bertz CT molecular complexity index is 868. The Morgan fingerprint density at radius 3 is 2.79 bits per heavy atom. The second-order valence-corrected chi connectivity index (χ2v) is 6.79. The lowest BCUT2D eigenvalue weighted by Gasteiger charge is -2.22. The van der Waals surface area contributed by atoms with Crippen LogP contribution in [0.4, 0.5) is 4.39 Å². The fourth-order valence-electron chi connectivity index (χ4n) is 3.38. The second kappa shape index (κ2) is 6.54. The zero-order valence-electron chi connectivity index (χ0n) is 13.3. The molecule has 4 rings (SSSR count). The fourth-order valence-corrected chi connectivity index (χ4v) is 3.54. The molecule has 0 aliphatic carbocycles. The highest BCUT2D eigenvalue weighted by molar-refractivity contribution is 6.30. The molecule has 2 aromatic heterocycles. The van der Waals surface area contributed by atoms with E-state index in [0.717, 1.165) is 42.7 Å². The Morgan fingerprint density at radius 1 is 1.17 bits per heavy atom. The first kappa shape index (κ1) is 15.6. The number of halogens is 2. The Labute approximate surface area is 145 Å². The van der Waals surface area contributed by atoms with Crippen molar-refractivity contribution in [3.05, 3.63) is 64.7 Å². The summed E-state index contributed by atoms with van der Waals surface area (Å²) < 4.78 is 16.1. The number of aromatic nitrogens is 2.